The minimum atomic E-state index is -0.216. The fraction of sp³-hybridized carbons (Fsp3) is 0.333. The number of nitrogens with zero attached hydrogens (tertiary/aromatic N) is 4. The minimum Gasteiger partial charge on any atom is -0.375 e. The minimum absolute atomic E-state index is 0.0116. The second-order valence-corrected chi connectivity index (χ2v) is 6.04. The molecule has 134 valence electrons. The van der Waals surface area contributed by atoms with E-state index in [1.165, 1.54) is 7.11 Å². The van der Waals surface area contributed by atoms with Gasteiger partial charge in [0.05, 0.1) is 29.9 Å². The summed E-state index contributed by atoms with van der Waals surface area (Å²) in [5.74, 6) is -0.367. The monoisotopic (exact) mass is 353 g/mol. The van der Waals surface area contributed by atoms with E-state index in [0.29, 0.717) is 30.8 Å². The number of aromatic nitrogens is 2. The van der Waals surface area contributed by atoms with Crippen LogP contribution in [0.25, 0.3) is 0 Å². The molecule has 26 heavy (non-hydrogen) atoms. The maximum absolute atomic E-state index is 12.9. The number of hydrogen-bond donors (Lipinski definition) is 1. The normalized spacial score (nSPS) is 15.8. The Labute approximate surface area is 151 Å². The van der Waals surface area contributed by atoms with Crippen molar-refractivity contribution in [3.8, 4) is 6.07 Å². The van der Waals surface area contributed by atoms with Crippen LogP contribution in [-0.4, -0.2) is 53.3 Å². The van der Waals surface area contributed by atoms with Gasteiger partial charge in [-0.05, 0) is 24.3 Å². The van der Waals surface area contributed by atoms with Crippen molar-refractivity contribution in [3.05, 3.63) is 53.3 Å². The third-order valence-corrected chi connectivity index (χ3v) is 4.22. The molecule has 1 unspecified atom stereocenters. The lowest BCUT2D eigenvalue weighted by atomic mass is 10.1. The number of hydrogen-bond acceptors (Lipinski definition) is 5. The Morgan fingerprint density at radius 3 is 3.04 bits per heavy atom. The van der Waals surface area contributed by atoms with Gasteiger partial charge in [0.25, 0.3) is 5.91 Å². The number of nitriles is 1. The number of rotatable bonds is 5. The number of fused-ring (bicyclic) bond motifs is 1. The van der Waals surface area contributed by atoms with Crippen LogP contribution in [0.1, 0.15) is 27.7 Å². The summed E-state index contributed by atoms with van der Waals surface area (Å²) in [5, 5.41) is 16.1. The van der Waals surface area contributed by atoms with Crippen LogP contribution >= 0.6 is 0 Å². The molecule has 1 aliphatic rings. The number of carbonyl (C=O) groups is 2. The molecule has 8 heteroatoms. The molecule has 1 aliphatic heterocycles. The molecule has 1 aromatic carbocycles. The van der Waals surface area contributed by atoms with Gasteiger partial charge in [0.1, 0.15) is 6.61 Å². The zero-order valence-corrected chi connectivity index (χ0v) is 14.4. The van der Waals surface area contributed by atoms with Gasteiger partial charge in [0, 0.05) is 32.0 Å². The Morgan fingerprint density at radius 1 is 1.42 bits per heavy atom. The highest BCUT2D eigenvalue weighted by Gasteiger charge is 2.29. The van der Waals surface area contributed by atoms with Crippen LogP contribution in [0.15, 0.2) is 36.5 Å². The maximum Gasteiger partial charge on any atom is 0.254 e. The van der Waals surface area contributed by atoms with Gasteiger partial charge in [0.15, 0.2) is 0 Å². The van der Waals surface area contributed by atoms with E-state index in [1.807, 2.05) is 16.8 Å². The van der Waals surface area contributed by atoms with Crippen LogP contribution in [0.5, 0.6) is 0 Å². The first-order valence-corrected chi connectivity index (χ1v) is 8.20. The van der Waals surface area contributed by atoms with Crippen LogP contribution in [0.4, 0.5) is 0 Å². The molecule has 0 radical (unpaired) electrons. The molecular weight excluding hydrogens is 334 g/mol. The number of carbonyl (C=O) groups excluding carboxylic acids is 2. The van der Waals surface area contributed by atoms with Crippen molar-refractivity contribution in [2.75, 3.05) is 26.8 Å². The predicted octanol–water partition coefficient (Wildman–Crippen LogP) is 0.714. The van der Waals surface area contributed by atoms with Gasteiger partial charge in [-0.15, -0.1) is 0 Å². The molecule has 2 heterocycles. The fourth-order valence-corrected chi connectivity index (χ4v) is 3.01. The Morgan fingerprint density at radius 2 is 2.27 bits per heavy atom. The molecule has 1 N–H and O–H groups in total. The molecule has 2 aromatic rings. The third-order valence-electron chi connectivity index (χ3n) is 4.22. The molecule has 8 nitrogen and oxygen atoms in total. The highest BCUT2D eigenvalue weighted by atomic mass is 16.5. The Kier molecular flexibility index (Phi) is 5.29. The lowest BCUT2D eigenvalue weighted by molar-refractivity contribution is -0.124. The smallest absolute Gasteiger partial charge is 0.254 e. The highest BCUT2D eigenvalue weighted by molar-refractivity contribution is 5.94. The topological polar surface area (TPSA) is 100 Å². The maximum atomic E-state index is 12.9. The van der Waals surface area contributed by atoms with E-state index in [9.17, 15) is 9.59 Å². The van der Waals surface area contributed by atoms with Crippen molar-refractivity contribution in [1.29, 1.82) is 5.26 Å². The molecule has 0 saturated heterocycles. The van der Waals surface area contributed by atoms with E-state index in [1.54, 1.807) is 35.4 Å². The van der Waals surface area contributed by atoms with Crippen molar-refractivity contribution in [1.82, 2.24) is 20.0 Å². The standard InChI is InChI=1S/C18H19N5O3/c1-26-12-17(24)20-9-16-11-22(10-15-5-6-21-23(15)16)18(25)14-4-2-3-13(7-14)8-19/h2-7,16H,9-12H2,1H3,(H,20,24). The first-order valence-electron chi connectivity index (χ1n) is 8.20. The molecule has 0 aliphatic carbocycles. The zero-order valence-electron chi connectivity index (χ0n) is 14.4. The van der Waals surface area contributed by atoms with Gasteiger partial charge in [-0.3, -0.25) is 14.3 Å². The first kappa shape index (κ1) is 17.6. The van der Waals surface area contributed by atoms with Gasteiger partial charge in [-0.2, -0.15) is 10.4 Å². The van der Waals surface area contributed by atoms with E-state index in [-0.39, 0.29) is 24.5 Å². The second kappa shape index (κ2) is 7.80. The van der Waals surface area contributed by atoms with E-state index in [0.717, 1.165) is 5.69 Å². The van der Waals surface area contributed by atoms with E-state index in [2.05, 4.69) is 10.4 Å². The van der Waals surface area contributed by atoms with Gasteiger partial charge in [-0.25, -0.2) is 0 Å². The van der Waals surface area contributed by atoms with Crippen LogP contribution in [0.2, 0.25) is 0 Å². The molecular formula is C18H19N5O3. The quantitative estimate of drug-likeness (QED) is 0.853. The summed E-state index contributed by atoms with van der Waals surface area (Å²) in [6.07, 6.45) is 1.68. The number of ether oxygens (including phenoxy) is 1. The van der Waals surface area contributed by atoms with E-state index in [4.69, 9.17) is 10.00 Å². The van der Waals surface area contributed by atoms with Crippen LogP contribution in [0, 0.1) is 11.3 Å². The van der Waals surface area contributed by atoms with E-state index >= 15 is 0 Å². The molecule has 2 amide bonds. The Balaban J connectivity index is 1.76. The SMILES string of the molecule is COCC(=O)NCC1CN(C(=O)c2cccc(C#N)c2)Cc2ccnn21. The van der Waals surface area contributed by atoms with Gasteiger partial charge in [0.2, 0.25) is 5.91 Å². The Hall–Kier alpha value is -3.18. The molecule has 0 spiro atoms. The van der Waals surface area contributed by atoms with Gasteiger partial charge < -0.3 is 15.0 Å². The van der Waals surface area contributed by atoms with Crippen LogP contribution in [-0.2, 0) is 16.1 Å². The number of amides is 2. The van der Waals surface area contributed by atoms with Crippen molar-refractivity contribution < 1.29 is 14.3 Å². The molecule has 0 saturated carbocycles. The molecule has 0 fully saturated rings. The number of nitrogens with one attached hydrogen (secondary N) is 1. The molecule has 1 atom stereocenters. The average Bonchev–Trinajstić information content (AvgIpc) is 3.14. The van der Waals surface area contributed by atoms with Crippen molar-refractivity contribution >= 4 is 11.8 Å². The Bertz CT molecular complexity index is 855. The van der Waals surface area contributed by atoms with Crippen LogP contribution < -0.4 is 5.32 Å². The molecule has 3 rings (SSSR count). The van der Waals surface area contributed by atoms with Crippen LogP contribution in [0.3, 0.4) is 0 Å². The summed E-state index contributed by atoms with van der Waals surface area (Å²) >= 11 is 0. The average molecular weight is 353 g/mol. The largest absolute Gasteiger partial charge is 0.375 e. The highest BCUT2D eigenvalue weighted by Crippen LogP contribution is 2.22. The zero-order chi connectivity index (χ0) is 18.5. The summed E-state index contributed by atoms with van der Waals surface area (Å²) in [7, 11) is 1.46. The predicted molar refractivity (Wildman–Crippen MR) is 92.0 cm³/mol. The first-order chi connectivity index (χ1) is 12.6. The summed E-state index contributed by atoms with van der Waals surface area (Å²) in [6, 6.07) is 10.4. The number of methoxy groups -OCH3 is 1. The van der Waals surface area contributed by atoms with Gasteiger partial charge in [-0.1, -0.05) is 6.07 Å². The second-order valence-electron chi connectivity index (χ2n) is 6.04. The number of benzene rings is 1. The molecule has 1 aromatic heterocycles. The molecule has 0 bridgehead atoms. The lowest BCUT2D eigenvalue weighted by Gasteiger charge is -2.34. The summed E-state index contributed by atoms with van der Waals surface area (Å²) in [6.45, 7) is 1.18. The van der Waals surface area contributed by atoms with Gasteiger partial charge >= 0.3 is 0 Å². The summed E-state index contributed by atoms with van der Waals surface area (Å²) in [4.78, 5) is 26.2. The fourth-order valence-electron chi connectivity index (χ4n) is 3.01. The van der Waals surface area contributed by atoms with E-state index < -0.39 is 0 Å². The summed E-state index contributed by atoms with van der Waals surface area (Å²) in [5.41, 5.74) is 1.81. The van der Waals surface area contributed by atoms with Crippen molar-refractivity contribution in [2.24, 2.45) is 0 Å². The lowest BCUT2D eigenvalue weighted by Crippen LogP contribution is -2.45. The third kappa shape index (κ3) is 3.73. The van der Waals surface area contributed by atoms with Crippen molar-refractivity contribution in [2.45, 2.75) is 12.6 Å². The van der Waals surface area contributed by atoms with Crippen molar-refractivity contribution in [3.63, 3.8) is 0 Å². The summed E-state index contributed by atoms with van der Waals surface area (Å²) < 4.78 is 6.65.